The Hall–Kier alpha value is -2.21. The molecule has 0 spiro atoms. The topological polar surface area (TPSA) is 85.8 Å². The largest absolute Gasteiger partial charge is 0.322 e. The van der Waals surface area contributed by atoms with E-state index in [2.05, 4.69) is 15.3 Å². The van der Waals surface area contributed by atoms with Gasteiger partial charge >= 0.3 is 0 Å². The third-order valence-corrected chi connectivity index (χ3v) is 2.30. The van der Waals surface area contributed by atoms with E-state index in [-0.39, 0.29) is 12.5 Å². The van der Waals surface area contributed by atoms with E-state index in [0.717, 1.165) is 5.82 Å². The summed E-state index contributed by atoms with van der Waals surface area (Å²) in [6, 6.07) is 3.53. The molecule has 2 aromatic rings. The molecule has 88 valence electrons. The van der Waals surface area contributed by atoms with Gasteiger partial charge in [-0.15, -0.1) is 0 Å². The molecule has 2 heterocycles. The van der Waals surface area contributed by atoms with Crippen LogP contribution in [0.2, 0.25) is 0 Å². The van der Waals surface area contributed by atoms with Gasteiger partial charge < -0.3 is 11.1 Å². The van der Waals surface area contributed by atoms with Crippen LogP contribution in [0.1, 0.15) is 5.82 Å². The number of carbonyl (C=O) groups is 1. The average Bonchev–Trinajstić information content (AvgIpc) is 2.76. The van der Waals surface area contributed by atoms with Crippen LogP contribution in [0, 0.1) is 6.92 Å². The van der Waals surface area contributed by atoms with Gasteiger partial charge in [0.05, 0.1) is 12.2 Å². The average molecular weight is 231 g/mol. The summed E-state index contributed by atoms with van der Waals surface area (Å²) in [7, 11) is 0. The van der Waals surface area contributed by atoms with Crippen molar-refractivity contribution in [2.24, 2.45) is 5.73 Å². The van der Waals surface area contributed by atoms with Gasteiger partial charge in [0.15, 0.2) is 5.82 Å². The molecule has 3 N–H and O–H groups in total. The Morgan fingerprint density at radius 1 is 1.47 bits per heavy atom. The summed E-state index contributed by atoms with van der Waals surface area (Å²) in [4.78, 5) is 19.7. The second kappa shape index (κ2) is 4.75. The lowest BCUT2D eigenvalue weighted by molar-refractivity contribution is -0.114. The van der Waals surface area contributed by atoms with Crippen molar-refractivity contribution in [2.75, 3.05) is 11.9 Å². The summed E-state index contributed by atoms with van der Waals surface area (Å²) in [5.41, 5.74) is 5.88. The van der Waals surface area contributed by atoms with E-state index >= 15 is 0 Å². The molecule has 0 aliphatic rings. The van der Waals surface area contributed by atoms with Gasteiger partial charge in [-0.2, -0.15) is 0 Å². The summed E-state index contributed by atoms with van der Waals surface area (Å²) >= 11 is 0. The van der Waals surface area contributed by atoms with Crippen molar-refractivity contribution < 1.29 is 4.79 Å². The van der Waals surface area contributed by atoms with Crippen LogP contribution < -0.4 is 11.1 Å². The Balaban J connectivity index is 2.41. The maximum absolute atomic E-state index is 11.3. The first-order chi connectivity index (χ1) is 8.22. The highest BCUT2D eigenvalue weighted by atomic mass is 16.1. The molecular formula is C11H13N5O. The van der Waals surface area contributed by atoms with E-state index in [1.54, 1.807) is 35.3 Å². The van der Waals surface area contributed by atoms with E-state index in [1.165, 1.54) is 0 Å². The fourth-order valence-corrected chi connectivity index (χ4v) is 1.49. The molecule has 1 amide bonds. The van der Waals surface area contributed by atoms with Crippen molar-refractivity contribution >= 4 is 11.6 Å². The van der Waals surface area contributed by atoms with Gasteiger partial charge in [0.2, 0.25) is 5.91 Å². The number of nitrogens with two attached hydrogens (primary N) is 1. The standard InChI is InChI=1S/C11H13N5O/c1-8-13-5-6-16(8)11-9(3-2-4-14-11)15-10(17)7-12/h2-6H,7,12H2,1H3,(H,15,17). The Labute approximate surface area is 98.5 Å². The maximum Gasteiger partial charge on any atom is 0.238 e. The predicted octanol–water partition coefficient (Wildman–Crippen LogP) is 0.473. The van der Waals surface area contributed by atoms with Crippen molar-refractivity contribution in [1.29, 1.82) is 0 Å². The number of aromatic nitrogens is 3. The zero-order valence-corrected chi connectivity index (χ0v) is 9.42. The van der Waals surface area contributed by atoms with E-state index in [0.29, 0.717) is 11.5 Å². The Kier molecular flexibility index (Phi) is 3.15. The molecule has 0 fully saturated rings. The molecule has 0 saturated heterocycles. The number of imidazole rings is 1. The maximum atomic E-state index is 11.3. The Morgan fingerprint density at radius 2 is 2.29 bits per heavy atom. The third-order valence-electron chi connectivity index (χ3n) is 2.30. The van der Waals surface area contributed by atoms with Crippen molar-refractivity contribution in [3.8, 4) is 5.82 Å². The monoisotopic (exact) mass is 231 g/mol. The van der Waals surface area contributed by atoms with Crippen LogP contribution in [-0.2, 0) is 4.79 Å². The first kappa shape index (κ1) is 11.3. The summed E-state index contributed by atoms with van der Waals surface area (Å²) in [5.74, 6) is 1.17. The van der Waals surface area contributed by atoms with E-state index < -0.39 is 0 Å². The molecule has 0 saturated carbocycles. The smallest absolute Gasteiger partial charge is 0.238 e. The SMILES string of the molecule is Cc1nccn1-c1ncccc1NC(=O)CN. The van der Waals surface area contributed by atoms with Crippen LogP contribution in [0.4, 0.5) is 5.69 Å². The number of nitrogens with one attached hydrogen (secondary N) is 1. The summed E-state index contributed by atoms with van der Waals surface area (Å²) in [6.07, 6.45) is 5.13. The first-order valence-electron chi connectivity index (χ1n) is 5.17. The quantitative estimate of drug-likeness (QED) is 0.804. The molecule has 0 aliphatic heterocycles. The highest BCUT2D eigenvalue weighted by molar-refractivity contribution is 5.93. The first-order valence-corrected chi connectivity index (χ1v) is 5.17. The number of aryl methyl sites for hydroxylation is 1. The van der Waals surface area contributed by atoms with Crippen LogP contribution >= 0.6 is 0 Å². The van der Waals surface area contributed by atoms with Gasteiger partial charge in [0.25, 0.3) is 0 Å². The molecule has 0 aliphatic carbocycles. The number of pyridine rings is 1. The molecule has 0 aromatic carbocycles. The lowest BCUT2D eigenvalue weighted by atomic mass is 10.3. The lowest BCUT2D eigenvalue weighted by Crippen LogP contribution is -2.23. The Bertz CT molecular complexity index is 534. The molecule has 0 atom stereocenters. The molecular weight excluding hydrogens is 218 g/mol. The zero-order chi connectivity index (χ0) is 12.3. The van der Waals surface area contributed by atoms with E-state index in [4.69, 9.17) is 5.73 Å². The third kappa shape index (κ3) is 2.31. The zero-order valence-electron chi connectivity index (χ0n) is 9.42. The van der Waals surface area contributed by atoms with Crippen molar-refractivity contribution in [3.63, 3.8) is 0 Å². The lowest BCUT2D eigenvalue weighted by Gasteiger charge is -2.10. The minimum Gasteiger partial charge on any atom is -0.322 e. The fourth-order valence-electron chi connectivity index (χ4n) is 1.49. The Morgan fingerprint density at radius 3 is 2.94 bits per heavy atom. The normalized spacial score (nSPS) is 10.2. The fraction of sp³-hybridized carbons (Fsp3) is 0.182. The van der Waals surface area contributed by atoms with Crippen LogP contribution in [0.15, 0.2) is 30.7 Å². The summed E-state index contributed by atoms with van der Waals surface area (Å²) < 4.78 is 1.80. The van der Waals surface area contributed by atoms with Crippen LogP contribution in [0.25, 0.3) is 5.82 Å². The number of amides is 1. The van der Waals surface area contributed by atoms with Gasteiger partial charge in [-0.25, -0.2) is 9.97 Å². The van der Waals surface area contributed by atoms with Gasteiger partial charge in [-0.05, 0) is 19.1 Å². The van der Waals surface area contributed by atoms with Crippen LogP contribution in [-0.4, -0.2) is 27.0 Å². The molecule has 2 aromatic heterocycles. The number of nitrogens with zero attached hydrogens (tertiary/aromatic N) is 3. The number of anilines is 1. The highest BCUT2D eigenvalue weighted by Gasteiger charge is 2.09. The van der Waals surface area contributed by atoms with Gasteiger partial charge in [0.1, 0.15) is 5.82 Å². The molecule has 2 rings (SSSR count). The second-order valence-corrected chi connectivity index (χ2v) is 3.47. The van der Waals surface area contributed by atoms with Crippen LogP contribution in [0.3, 0.4) is 0 Å². The van der Waals surface area contributed by atoms with Crippen molar-refractivity contribution in [2.45, 2.75) is 6.92 Å². The summed E-state index contributed by atoms with van der Waals surface area (Å²) in [6.45, 7) is 1.81. The molecule has 0 unspecified atom stereocenters. The molecule has 0 radical (unpaired) electrons. The number of hydrogen-bond donors (Lipinski definition) is 2. The van der Waals surface area contributed by atoms with Gasteiger partial charge in [0, 0.05) is 18.6 Å². The van der Waals surface area contributed by atoms with Crippen molar-refractivity contribution in [3.05, 3.63) is 36.5 Å². The van der Waals surface area contributed by atoms with E-state index in [9.17, 15) is 4.79 Å². The highest BCUT2D eigenvalue weighted by Crippen LogP contribution is 2.17. The molecule has 17 heavy (non-hydrogen) atoms. The second-order valence-electron chi connectivity index (χ2n) is 3.47. The molecule has 6 heteroatoms. The minimum absolute atomic E-state index is 0.0583. The van der Waals surface area contributed by atoms with Crippen LogP contribution in [0.5, 0.6) is 0 Å². The predicted molar refractivity (Wildman–Crippen MR) is 63.8 cm³/mol. The minimum atomic E-state index is -0.253. The number of carbonyl (C=O) groups excluding carboxylic acids is 1. The number of hydrogen-bond acceptors (Lipinski definition) is 4. The van der Waals surface area contributed by atoms with Gasteiger partial charge in [-0.3, -0.25) is 9.36 Å². The molecule has 6 nitrogen and oxygen atoms in total. The molecule has 0 bridgehead atoms. The number of rotatable bonds is 3. The van der Waals surface area contributed by atoms with Gasteiger partial charge in [-0.1, -0.05) is 0 Å². The van der Waals surface area contributed by atoms with E-state index in [1.807, 2.05) is 6.92 Å². The van der Waals surface area contributed by atoms with Crippen molar-refractivity contribution in [1.82, 2.24) is 14.5 Å². The summed E-state index contributed by atoms with van der Waals surface area (Å²) in [5, 5.41) is 2.70.